The third-order valence-electron chi connectivity index (χ3n) is 4.27. The molecule has 0 amide bonds. The molecule has 1 aromatic carbocycles. The van der Waals surface area contributed by atoms with Gasteiger partial charge >= 0.3 is 0 Å². The fourth-order valence-corrected chi connectivity index (χ4v) is 3.11. The van der Waals surface area contributed by atoms with Crippen LogP contribution in [0.15, 0.2) is 18.2 Å². The summed E-state index contributed by atoms with van der Waals surface area (Å²) in [4.78, 5) is 8.43. The molecule has 0 bridgehead atoms. The minimum atomic E-state index is 0.578. The number of aromatic amines is 1. The molecule has 2 heterocycles. The SMILES string of the molecule is Cc1ccc(-c2nc(C3CCNCC3)[nH]c2C)c(C)c1. The molecule has 0 spiro atoms. The summed E-state index contributed by atoms with van der Waals surface area (Å²) in [6.45, 7) is 8.63. The molecule has 1 saturated heterocycles. The van der Waals surface area contributed by atoms with E-state index in [2.05, 4.69) is 49.3 Å². The van der Waals surface area contributed by atoms with Gasteiger partial charge in [0, 0.05) is 17.2 Å². The van der Waals surface area contributed by atoms with Crippen LogP contribution in [0.3, 0.4) is 0 Å². The normalized spacial score (nSPS) is 16.6. The van der Waals surface area contributed by atoms with Gasteiger partial charge in [0.15, 0.2) is 0 Å². The lowest BCUT2D eigenvalue weighted by Gasteiger charge is -2.20. The van der Waals surface area contributed by atoms with E-state index in [1.807, 2.05) is 0 Å². The van der Waals surface area contributed by atoms with Crippen LogP contribution in [-0.4, -0.2) is 23.1 Å². The molecule has 0 unspecified atom stereocenters. The fraction of sp³-hybridized carbons (Fsp3) is 0.471. The molecular formula is C17H23N3. The molecule has 1 aliphatic rings. The van der Waals surface area contributed by atoms with Crippen LogP contribution in [-0.2, 0) is 0 Å². The van der Waals surface area contributed by atoms with Gasteiger partial charge < -0.3 is 10.3 Å². The summed E-state index contributed by atoms with van der Waals surface area (Å²) in [6.07, 6.45) is 2.36. The van der Waals surface area contributed by atoms with Crippen LogP contribution in [0.1, 0.15) is 41.4 Å². The summed E-state index contributed by atoms with van der Waals surface area (Å²) >= 11 is 0. The topological polar surface area (TPSA) is 40.7 Å². The zero-order valence-corrected chi connectivity index (χ0v) is 12.6. The monoisotopic (exact) mass is 269 g/mol. The first-order valence-electron chi connectivity index (χ1n) is 7.50. The second kappa shape index (κ2) is 5.41. The average Bonchev–Trinajstić information content (AvgIpc) is 2.82. The standard InChI is InChI=1S/C17H23N3/c1-11-4-5-15(12(2)10-11)16-13(3)19-17(20-16)14-6-8-18-9-7-14/h4-5,10,14,18H,6-9H2,1-3H3,(H,19,20). The van der Waals surface area contributed by atoms with Crippen molar-refractivity contribution in [3.05, 3.63) is 40.8 Å². The Morgan fingerprint density at radius 3 is 2.55 bits per heavy atom. The van der Waals surface area contributed by atoms with E-state index < -0.39 is 0 Å². The molecule has 0 saturated carbocycles. The van der Waals surface area contributed by atoms with E-state index in [1.54, 1.807) is 0 Å². The molecule has 3 rings (SSSR count). The van der Waals surface area contributed by atoms with Crippen LogP contribution >= 0.6 is 0 Å². The Balaban J connectivity index is 1.95. The van der Waals surface area contributed by atoms with Crippen LogP contribution < -0.4 is 5.32 Å². The summed E-state index contributed by atoms with van der Waals surface area (Å²) < 4.78 is 0. The number of hydrogen-bond acceptors (Lipinski definition) is 2. The number of aryl methyl sites for hydroxylation is 3. The molecule has 0 atom stereocenters. The van der Waals surface area contributed by atoms with Crippen LogP contribution in [0.4, 0.5) is 0 Å². The van der Waals surface area contributed by atoms with Gasteiger partial charge in [0.05, 0.1) is 5.69 Å². The highest BCUT2D eigenvalue weighted by atomic mass is 15.0. The first-order chi connectivity index (χ1) is 9.65. The average molecular weight is 269 g/mol. The van der Waals surface area contributed by atoms with Gasteiger partial charge in [-0.3, -0.25) is 0 Å². The predicted molar refractivity (Wildman–Crippen MR) is 83.1 cm³/mol. The van der Waals surface area contributed by atoms with Gasteiger partial charge in [-0.1, -0.05) is 23.8 Å². The Kier molecular flexibility index (Phi) is 3.62. The summed E-state index contributed by atoms with van der Waals surface area (Å²) in [6, 6.07) is 6.59. The third kappa shape index (κ3) is 2.50. The second-order valence-corrected chi connectivity index (χ2v) is 5.94. The number of aromatic nitrogens is 2. The summed E-state index contributed by atoms with van der Waals surface area (Å²) in [5.41, 5.74) is 6.17. The molecule has 2 aromatic rings. The fourth-order valence-electron chi connectivity index (χ4n) is 3.11. The number of hydrogen-bond donors (Lipinski definition) is 2. The molecule has 20 heavy (non-hydrogen) atoms. The Hall–Kier alpha value is -1.61. The number of nitrogens with one attached hydrogen (secondary N) is 2. The molecule has 1 aliphatic heterocycles. The number of H-pyrrole nitrogens is 1. The summed E-state index contributed by atoms with van der Waals surface area (Å²) in [5, 5.41) is 3.41. The van der Waals surface area contributed by atoms with Gasteiger partial charge in [-0.2, -0.15) is 0 Å². The van der Waals surface area contributed by atoms with Crippen molar-refractivity contribution >= 4 is 0 Å². The highest BCUT2D eigenvalue weighted by Gasteiger charge is 2.20. The number of benzene rings is 1. The zero-order chi connectivity index (χ0) is 14.1. The first-order valence-corrected chi connectivity index (χ1v) is 7.50. The minimum Gasteiger partial charge on any atom is -0.345 e. The number of piperidine rings is 1. The molecule has 0 aliphatic carbocycles. The lowest BCUT2D eigenvalue weighted by molar-refractivity contribution is 0.447. The Morgan fingerprint density at radius 2 is 1.85 bits per heavy atom. The van der Waals surface area contributed by atoms with Crippen molar-refractivity contribution in [3.63, 3.8) is 0 Å². The Morgan fingerprint density at radius 1 is 1.10 bits per heavy atom. The van der Waals surface area contributed by atoms with E-state index in [9.17, 15) is 0 Å². The summed E-state index contributed by atoms with van der Waals surface area (Å²) in [5.74, 6) is 1.74. The van der Waals surface area contributed by atoms with Crippen LogP contribution in [0.2, 0.25) is 0 Å². The van der Waals surface area contributed by atoms with E-state index in [4.69, 9.17) is 4.98 Å². The smallest absolute Gasteiger partial charge is 0.110 e. The van der Waals surface area contributed by atoms with Gasteiger partial charge in [0.2, 0.25) is 0 Å². The summed E-state index contributed by atoms with van der Waals surface area (Å²) in [7, 11) is 0. The molecular weight excluding hydrogens is 246 g/mol. The van der Waals surface area contributed by atoms with Crippen molar-refractivity contribution in [2.75, 3.05) is 13.1 Å². The maximum Gasteiger partial charge on any atom is 0.110 e. The number of nitrogens with zero attached hydrogens (tertiary/aromatic N) is 1. The van der Waals surface area contributed by atoms with Crippen molar-refractivity contribution in [1.29, 1.82) is 0 Å². The van der Waals surface area contributed by atoms with Crippen molar-refractivity contribution in [2.24, 2.45) is 0 Å². The zero-order valence-electron chi connectivity index (χ0n) is 12.6. The van der Waals surface area contributed by atoms with Crippen LogP contribution in [0.25, 0.3) is 11.3 Å². The molecule has 3 heteroatoms. The molecule has 3 nitrogen and oxygen atoms in total. The highest BCUT2D eigenvalue weighted by Crippen LogP contribution is 2.30. The van der Waals surface area contributed by atoms with Crippen LogP contribution in [0, 0.1) is 20.8 Å². The van der Waals surface area contributed by atoms with E-state index in [1.165, 1.54) is 41.1 Å². The van der Waals surface area contributed by atoms with Crippen molar-refractivity contribution in [2.45, 2.75) is 39.5 Å². The highest BCUT2D eigenvalue weighted by molar-refractivity contribution is 5.66. The lowest BCUT2D eigenvalue weighted by Crippen LogP contribution is -2.27. The van der Waals surface area contributed by atoms with Crippen molar-refractivity contribution < 1.29 is 0 Å². The van der Waals surface area contributed by atoms with Gasteiger partial charge in [-0.05, 0) is 52.3 Å². The van der Waals surface area contributed by atoms with Gasteiger partial charge in [0.25, 0.3) is 0 Å². The molecule has 2 N–H and O–H groups in total. The van der Waals surface area contributed by atoms with Crippen LogP contribution in [0.5, 0.6) is 0 Å². The Bertz CT molecular complexity index is 607. The van der Waals surface area contributed by atoms with Crippen molar-refractivity contribution in [1.82, 2.24) is 15.3 Å². The van der Waals surface area contributed by atoms with Crippen molar-refractivity contribution in [3.8, 4) is 11.3 Å². The van der Waals surface area contributed by atoms with E-state index in [0.29, 0.717) is 5.92 Å². The maximum absolute atomic E-state index is 4.91. The lowest BCUT2D eigenvalue weighted by atomic mass is 9.97. The maximum atomic E-state index is 4.91. The predicted octanol–water partition coefficient (Wildman–Crippen LogP) is 3.47. The molecule has 0 radical (unpaired) electrons. The first kappa shape index (κ1) is 13.4. The second-order valence-electron chi connectivity index (χ2n) is 5.94. The third-order valence-corrected chi connectivity index (χ3v) is 4.27. The van der Waals surface area contributed by atoms with Gasteiger partial charge in [-0.25, -0.2) is 4.98 Å². The van der Waals surface area contributed by atoms with Gasteiger partial charge in [-0.15, -0.1) is 0 Å². The van der Waals surface area contributed by atoms with E-state index in [0.717, 1.165) is 18.8 Å². The molecule has 1 fully saturated rings. The largest absolute Gasteiger partial charge is 0.345 e. The molecule has 106 valence electrons. The van der Waals surface area contributed by atoms with Gasteiger partial charge in [0.1, 0.15) is 5.82 Å². The van der Waals surface area contributed by atoms with E-state index in [-0.39, 0.29) is 0 Å². The quantitative estimate of drug-likeness (QED) is 0.876. The Labute approximate surface area is 120 Å². The minimum absolute atomic E-state index is 0.578. The number of rotatable bonds is 2. The van der Waals surface area contributed by atoms with E-state index >= 15 is 0 Å². The number of imidazole rings is 1. The molecule has 1 aromatic heterocycles.